The largest absolute Gasteiger partial charge is 0.354 e. The highest BCUT2D eigenvalue weighted by Crippen LogP contribution is 2.23. The van der Waals surface area contributed by atoms with Gasteiger partial charge in [0.05, 0.1) is 5.69 Å². The van der Waals surface area contributed by atoms with E-state index in [1.54, 1.807) is 0 Å². The van der Waals surface area contributed by atoms with Crippen LogP contribution in [0.25, 0.3) is 0 Å². The van der Waals surface area contributed by atoms with Crippen LogP contribution in [0.15, 0.2) is 0 Å². The van der Waals surface area contributed by atoms with Gasteiger partial charge in [0.15, 0.2) is 0 Å². The van der Waals surface area contributed by atoms with Crippen LogP contribution < -0.4 is 11.1 Å². The molecule has 0 saturated heterocycles. The topological polar surface area (TPSA) is 55.9 Å². The van der Waals surface area contributed by atoms with Crippen LogP contribution in [0.2, 0.25) is 0 Å². The fourth-order valence-corrected chi connectivity index (χ4v) is 2.03. The normalized spacial score (nSPS) is 15.3. The van der Waals surface area contributed by atoms with E-state index in [1.807, 2.05) is 0 Å². The van der Waals surface area contributed by atoms with E-state index in [4.69, 9.17) is 5.73 Å². The highest BCUT2D eigenvalue weighted by atomic mass is 15.2. The Hall–Kier alpha value is -1.03. The van der Waals surface area contributed by atoms with E-state index in [1.165, 1.54) is 30.7 Å². The molecule has 14 heavy (non-hydrogen) atoms. The minimum Gasteiger partial charge on any atom is -0.354 e. The summed E-state index contributed by atoms with van der Waals surface area (Å²) in [6.45, 7) is 1.45. The van der Waals surface area contributed by atoms with E-state index < -0.39 is 0 Å². The first kappa shape index (κ1) is 9.52. The Morgan fingerprint density at radius 2 is 2.21 bits per heavy atom. The number of aromatic nitrogens is 2. The standard InChI is InChI=1S/C10H18N4/c1-14-9-5-3-2-4-8(9)13-10(14)12-7-6-11/h2-7,11H2,1H3,(H,12,13). The smallest absolute Gasteiger partial charge is 0.203 e. The molecule has 4 heteroatoms. The highest BCUT2D eigenvalue weighted by molar-refractivity contribution is 5.35. The first-order valence-corrected chi connectivity index (χ1v) is 5.31. The molecule has 0 fully saturated rings. The lowest BCUT2D eigenvalue weighted by Crippen LogP contribution is -2.15. The molecule has 0 atom stereocenters. The molecule has 0 amide bonds. The summed E-state index contributed by atoms with van der Waals surface area (Å²) >= 11 is 0. The molecular weight excluding hydrogens is 176 g/mol. The van der Waals surface area contributed by atoms with Gasteiger partial charge in [-0.2, -0.15) is 0 Å². The molecule has 1 aromatic rings. The number of aryl methyl sites for hydroxylation is 1. The fraction of sp³-hybridized carbons (Fsp3) is 0.700. The molecule has 1 aliphatic carbocycles. The van der Waals surface area contributed by atoms with Crippen molar-refractivity contribution in [1.29, 1.82) is 0 Å². The summed E-state index contributed by atoms with van der Waals surface area (Å²) in [6.07, 6.45) is 4.87. The quantitative estimate of drug-likeness (QED) is 0.743. The van der Waals surface area contributed by atoms with Crippen molar-refractivity contribution in [1.82, 2.24) is 9.55 Å². The molecular formula is C10H18N4. The van der Waals surface area contributed by atoms with Gasteiger partial charge in [-0.1, -0.05) is 0 Å². The zero-order valence-corrected chi connectivity index (χ0v) is 8.71. The van der Waals surface area contributed by atoms with Crippen LogP contribution in [0.5, 0.6) is 0 Å². The fourth-order valence-electron chi connectivity index (χ4n) is 2.03. The van der Waals surface area contributed by atoms with E-state index in [9.17, 15) is 0 Å². The minimum absolute atomic E-state index is 0.650. The van der Waals surface area contributed by atoms with Gasteiger partial charge in [0.1, 0.15) is 0 Å². The number of nitrogens with one attached hydrogen (secondary N) is 1. The minimum atomic E-state index is 0.650. The number of fused-ring (bicyclic) bond motifs is 1. The van der Waals surface area contributed by atoms with Gasteiger partial charge in [0.2, 0.25) is 5.95 Å². The predicted octanol–water partition coefficient (Wildman–Crippen LogP) is 0.669. The summed E-state index contributed by atoms with van der Waals surface area (Å²) in [6, 6.07) is 0. The van der Waals surface area contributed by atoms with Crippen molar-refractivity contribution < 1.29 is 0 Å². The maximum atomic E-state index is 5.45. The number of anilines is 1. The molecule has 0 saturated carbocycles. The molecule has 1 aromatic heterocycles. The van der Waals surface area contributed by atoms with E-state index in [2.05, 4.69) is 21.9 Å². The van der Waals surface area contributed by atoms with Crippen LogP contribution in [0.1, 0.15) is 24.2 Å². The van der Waals surface area contributed by atoms with Crippen molar-refractivity contribution in [3.63, 3.8) is 0 Å². The molecule has 0 unspecified atom stereocenters. The van der Waals surface area contributed by atoms with Gasteiger partial charge >= 0.3 is 0 Å². The summed E-state index contributed by atoms with van der Waals surface area (Å²) in [4.78, 5) is 4.58. The number of nitrogens with zero attached hydrogens (tertiary/aromatic N) is 2. The third-order valence-electron chi connectivity index (χ3n) is 2.80. The van der Waals surface area contributed by atoms with Crippen molar-refractivity contribution in [2.24, 2.45) is 12.8 Å². The van der Waals surface area contributed by atoms with E-state index in [0.29, 0.717) is 6.54 Å². The Morgan fingerprint density at radius 3 is 2.93 bits per heavy atom. The molecule has 1 heterocycles. The number of nitrogens with two attached hydrogens (primary N) is 1. The number of hydrogen-bond acceptors (Lipinski definition) is 3. The lowest BCUT2D eigenvalue weighted by molar-refractivity contribution is 0.644. The monoisotopic (exact) mass is 194 g/mol. The molecule has 0 bridgehead atoms. The second kappa shape index (κ2) is 4.00. The van der Waals surface area contributed by atoms with Gasteiger partial charge in [0, 0.05) is 25.8 Å². The van der Waals surface area contributed by atoms with Crippen LogP contribution in [-0.2, 0) is 19.9 Å². The summed E-state index contributed by atoms with van der Waals surface area (Å²) in [5.41, 5.74) is 8.12. The van der Waals surface area contributed by atoms with Gasteiger partial charge in [-0.15, -0.1) is 0 Å². The molecule has 1 aliphatic rings. The van der Waals surface area contributed by atoms with Gasteiger partial charge in [-0.3, -0.25) is 0 Å². The molecule has 4 nitrogen and oxygen atoms in total. The maximum Gasteiger partial charge on any atom is 0.203 e. The van der Waals surface area contributed by atoms with Crippen LogP contribution in [-0.4, -0.2) is 22.6 Å². The van der Waals surface area contributed by atoms with Crippen LogP contribution in [0.3, 0.4) is 0 Å². The summed E-state index contributed by atoms with van der Waals surface area (Å²) in [5, 5.41) is 3.25. The van der Waals surface area contributed by atoms with Gasteiger partial charge < -0.3 is 15.6 Å². The van der Waals surface area contributed by atoms with E-state index in [0.717, 1.165) is 18.9 Å². The molecule has 0 aliphatic heterocycles. The molecule has 2 rings (SSSR count). The summed E-state index contributed by atoms with van der Waals surface area (Å²) in [7, 11) is 2.08. The van der Waals surface area contributed by atoms with Crippen LogP contribution in [0.4, 0.5) is 5.95 Å². The first-order valence-electron chi connectivity index (χ1n) is 5.31. The number of hydrogen-bond donors (Lipinski definition) is 2. The Balaban J connectivity index is 2.20. The second-order valence-corrected chi connectivity index (χ2v) is 3.81. The highest BCUT2D eigenvalue weighted by Gasteiger charge is 2.17. The van der Waals surface area contributed by atoms with Crippen molar-refractivity contribution >= 4 is 5.95 Å². The number of rotatable bonds is 3. The van der Waals surface area contributed by atoms with E-state index >= 15 is 0 Å². The van der Waals surface area contributed by atoms with Crippen LogP contribution in [0, 0.1) is 0 Å². The van der Waals surface area contributed by atoms with Crippen molar-refractivity contribution in [3.05, 3.63) is 11.4 Å². The van der Waals surface area contributed by atoms with E-state index in [-0.39, 0.29) is 0 Å². The zero-order chi connectivity index (χ0) is 9.97. The zero-order valence-electron chi connectivity index (χ0n) is 8.71. The first-order chi connectivity index (χ1) is 6.83. The van der Waals surface area contributed by atoms with Crippen molar-refractivity contribution in [3.8, 4) is 0 Å². The summed E-state index contributed by atoms with van der Waals surface area (Å²) in [5.74, 6) is 0.974. The summed E-state index contributed by atoms with van der Waals surface area (Å²) < 4.78 is 2.17. The second-order valence-electron chi connectivity index (χ2n) is 3.81. The Bertz CT molecular complexity index is 316. The average Bonchev–Trinajstić information content (AvgIpc) is 2.54. The van der Waals surface area contributed by atoms with Crippen molar-refractivity contribution in [2.75, 3.05) is 18.4 Å². The SMILES string of the molecule is Cn1c(NCCN)nc2c1CCCC2. The number of imidazole rings is 1. The molecule has 0 spiro atoms. The van der Waals surface area contributed by atoms with Gasteiger partial charge in [0.25, 0.3) is 0 Å². The Kier molecular flexibility index (Phi) is 2.72. The van der Waals surface area contributed by atoms with Crippen molar-refractivity contribution in [2.45, 2.75) is 25.7 Å². The lowest BCUT2D eigenvalue weighted by atomic mass is 10.0. The molecule has 0 aromatic carbocycles. The molecule has 0 radical (unpaired) electrons. The average molecular weight is 194 g/mol. The van der Waals surface area contributed by atoms with Gasteiger partial charge in [-0.25, -0.2) is 4.98 Å². The third-order valence-corrected chi connectivity index (χ3v) is 2.80. The molecule has 3 N–H and O–H groups in total. The Morgan fingerprint density at radius 1 is 1.43 bits per heavy atom. The maximum absolute atomic E-state index is 5.45. The lowest BCUT2D eigenvalue weighted by Gasteiger charge is -2.11. The predicted molar refractivity (Wildman–Crippen MR) is 57.4 cm³/mol. The van der Waals surface area contributed by atoms with Crippen LogP contribution >= 0.6 is 0 Å². The molecule has 78 valence electrons. The van der Waals surface area contributed by atoms with Gasteiger partial charge in [-0.05, 0) is 25.7 Å². The third kappa shape index (κ3) is 1.62. The Labute approximate surface area is 84.5 Å².